The van der Waals surface area contributed by atoms with Crippen molar-refractivity contribution in [3.05, 3.63) is 84.2 Å². The molecule has 0 N–H and O–H groups in total. The Hall–Kier alpha value is -2.04. The first-order valence-corrected chi connectivity index (χ1v) is 8.79. The molecule has 0 aliphatic heterocycles. The van der Waals surface area contributed by atoms with E-state index in [1.165, 1.54) is 24.3 Å². The Kier molecular flexibility index (Phi) is 4.84. The van der Waals surface area contributed by atoms with Gasteiger partial charge in [-0.3, -0.25) is 0 Å². The topological polar surface area (TPSA) is 17.8 Å². The van der Waals surface area contributed by atoms with Gasteiger partial charge in [-0.15, -0.1) is 0 Å². The third-order valence-corrected chi connectivity index (χ3v) is 5.87. The summed E-state index contributed by atoms with van der Waals surface area (Å²) in [5, 5.41) is 0. The van der Waals surface area contributed by atoms with Crippen molar-refractivity contribution in [3.8, 4) is 0 Å². The second-order valence-corrected chi connectivity index (χ2v) is 7.67. The first-order chi connectivity index (χ1) is 11.1. The molecule has 0 saturated heterocycles. The molecule has 0 radical (unpaired) electrons. The average Bonchev–Trinajstić information content (AvgIpc) is 3.00. The minimum absolute atomic E-state index is 0.195. The molecule has 1 heterocycles. The van der Waals surface area contributed by atoms with Gasteiger partial charge in [0.2, 0.25) is 0 Å². The normalized spacial score (nSPS) is 12.3. The molecular weight excluding hydrogens is 368 g/mol. The summed E-state index contributed by atoms with van der Waals surface area (Å²) in [6.45, 7) is 0.499. The fourth-order valence-electron chi connectivity index (χ4n) is 2.25. The Balaban J connectivity index is 1.92. The monoisotopic (exact) mass is 382 g/mol. The van der Waals surface area contributed by atoms with Gasteiger partial charge in [-0.05, 0) is 0 Å². The molecule has 1 unspecified atom stereocenters. The number of aromatic nitrogens is 2. The molecule has 23 heavy (non-hydrogen) atoms. The number of halogens is 3. The van der Waals surface area contributed by atoms with Gasteiger partial charge in [-0.2, -0.15) is 0 Å². The van der Waals surface area contributed by atoms with E-state index in [-0.39, 0.29) is 25.6 Å². The van der Waals surface area contributed by atoms with E-state index in [1.54, 1.807) is 24.8 Å². The van der Waals surface area contributed by atoms with Gasteiger partial charge in [0.25, 0.3) is 0 Å². The van der Waals surface area contributed by atoms with Crippen LogP contribution in [-0.2, 0) is 6.54 Å². The van der Waals surface area contributed by atoms with Gasteiger partial charge in [-0.1, -0.05) is 0 Å². The van der Waals surface area contributed by atoms with Gasteiger partial charge in [0.05, 0.1) is 0 Å². The number of hydrogen-bond acceptors (Lipinski definition) is 1. The molecule has 0 saturated carbocycles. The zero-order valence-electron chi connectivity index (χ0n) is 12.0. The standard InChI is InChI=1S/C17H13F3N2Se/c18-12-2-1-3-14(8-12)23-17(10-22-7-6-21-11-22)15-5-4-13(19)9-16(15)20/h1-9,11,17H,10H2. The molecule has 0 aliphatic carbocycles. The summed E-state index contributed by atoms with van der Waals surface area (Å²) in [5.41, 5.74) is 0.435. The van der Waals surface area contributed by atoms with Crippen molar-refractivity contribution < 1.29 is 13.2 Å². The van der Waals surface area contributed by atoms with E-state index in [9.17, 15) is 13.2 Å². The Morgan fingerprint density at radius 1 is 1.04 bits per heavy atom. The first-order valence-electron chi connectivity index (χ1n) is 6.95. The Morgan fingerprint density at radius 3 is 2.57 bits per heavy atom. The van der Waals surface area contributed by atoms with Crippen LogP contribution in [0.5, 0.6) is 0 Å². The molecule has 2 nitrogen and oxygen atoms in total. The van der Waals surface area contributed by atoms with E-state index in [2.05, 4.69) is 4.98 Å². The number of benzene rings is 2. The second-order valence-electron chi connectivity index (χ2n) is 4.99. The van der Waals surface area contributed by atoms with Gasteiger partial charge in [0.15, 0.2) is 0 Å². The molecule has 2 aromatic carbocycles. The molecule has 0 bridgehead atoms. The van der Waals surface area contributed by atoms with E-state index in [0.717, 1.165) is 10.5 Å². The van der Waals surface area contributed by atoms with E-state index in [1.807, 2.05) is 10.6 Å². The van der Waals surface area contributed by atoms with E-state index < -0.39 is 11.6 Å². The van der Waals surface area contributed by atoms with Crippen LogP contribution in [0.1, 0.15) is 10.4 Å². The van der Waals surface area contributed by atoms with Crippen molar-refractivity contribution in [3.63, 3.8) is 0 Å². The van der Waals surface area contributed by atoms with Gasteiger partial charge >= 0.3 is 138 Å². The average molecular weight is 381 g/mol. The van der Waals surface area contributed by atoms with Crippen molar-refractivity contribution in [2.75, 3.05) is 0 Å². The number of rotatable bonds is 5. The minimum atomic E-state index is -0.606. The zero-order chi connectivity index (χ0) is 16.2. The van der Waals surface area contributed by atoms with Gasteiger partial charge in [-0.25, -0.2) is 0 Å². The quantitative estimate of drug-likeness (QED) is 0.622. The van der Waals surface area contributed by atoms with E-state index in [4.69, 9.17) is 0 Å². The van der Waals surface area contributed by atoms with Crippen LogP contribution in [0, 0.1) is 17.5 Å². The van der Waals surface area contributed by atoms with Crippen LogP contribution in [0.25, 0.3) is 0 Å². The van der Waals surface area contributed by atoms with Crippen molar-refractivity contribution in [2.45, 2.75) is 11.4 Å². The molecule has 118 valence electrons. The summed E-state index contributed by atoms with van der Waals surface area (Å²) < 4.78 is 43.4. The van der Waals surface area contributed by atoms with Crippen LogP contribution in [0.15, 0.2) is 61.2 Å². The molecule has 0 spiro atoms. The molecule has 3 rings (SSSR count). The van der Waals surface area contributed by atoms with Crippen LogP contribution in [0.3, 0.4) is 0 Å². The van der Waals surface area contributed by atoms with Crippen LogP contribution in [0.4, 0.5) is 13.2 Å². The summed E-state index contributed by atoms with van der Waals surface area (Å²) >= 11 is -0.217. The molecular formula is C17H13F3N2Se. The summed E-state index contributed by atoms with van der Waals surface area (Å²) in [7, 11) is 0. The van der Waals surface area contributed by atoms with Crippen LogP contribution in [-0.4, -0.2) is 24.5 Å². The third-order valence-electron chi connectivity index (χ3n) is 3.32. The number of nitrogens with zero attached hydrogens (tertiary/aromatic N) is 2. The van der Waals surface area contributed by atoms with Gasteiger partial charge < -0.3 is 0 Å². The van der Waals surface area contributed by atoms with Crippen molar-refractivity contribution in [1.82, 2.24) is 9.55 Å². The molecule has 0 amide bonds. The summed E-state index contributed by atoms with van der Waals surface area (Å²) in [6, 6.07) is 9.91. The van der Waals surface area contributed by atoms with E-state index in [0.29, 0.717) is 12.1 Å². The molecule has 0 fully saturated rings. The van der Waals surface area contributed by atoms with Crippen LogP contribution < -0.4 is 4.46 Å². The number of imidazole rings is 1. The fourth-order valence-corrected chi connectivity index (χ4v) is 4.84. The van der Waals surface area contributed by atoms with Gasteiger partial charge in [0, 0.05) is 0 Å². The molecule has 3 aromatic rings. The maximum absolute atomic E-state index is 14.2. The summed E-state index contributed by atoms with van der Waals surface area (Å²) in [4.78, 5) is 3.79. The van der Waals surface area contributed by atoms with Crippen LogP contribution in [0.2, 0.25) is 0 Å². The molecule has 6 heteroatoms. The van der Waals surface area contributed by atoms with Crippen LogP contribution >= 0.6 is 0 Å². The predicted molar refractivity (Wildman–Crippen MR) is 83.1 cm³/mol. The molecule has 1 aromatic heterocycles. The van der Waals surface area contributed by atoms with Crippen molar-refractivity contribution >= 4 is 19.4 Å². The maximum atomic E-state index is 14.2. The Morgan fingerprint density at radius 2 is 1.87 bits per heavy atom. The summed E-state index contributed by atoms with van der Waals surface area (Å²) in [6.07, 6.45) is 5.08. The summed E-state index contributed by atoms with van der Waals surface area (Å²) in [5.74, 6) is -1.50. The Labute approximate surface area is 138 Å². The third kappa shape index (κ3) is 4.03. The fraction of sp³-hybridized carbons (Fsp3) is 0.118. The molecule has 0 aliphatic rings. The van der Waals surface area contributed by atoms with Crippen molar-refractivity contribution in [2.24, 2.45) is 0 Å². The SMILES string of the molecule is Fc1cccc([Se]C(Cn2ccnc2)c2ccc(F)cc2F)c1. The van der Waals surface area contributed by atoms with E-state index >= 15 is 0 Å². The second kappa shape index (κ2) is 7.02. The molecule has 1 atom stereocenters. The van der Waals surface area contributed by atoms with Gasteiger partial charge in [0.1, 0.15) is 0 Å². The first kappa shape index (κ1) is 15.8. The number of hydrogen-bond donors (Lipinski definition) is 0. The Bertz CT molecular complexity index is 790. The zero-order valence-corrected chi connectivity index (χ0v) is 13.7. The van der Waals surface area contributed by atoms with Crippen molar-refractivity contribution in [1.29, 1.82) is 0 Å². The predicted octanol–water partition coefficient (Wildman–Crippen LogP) is 3.07.